The molecule has 0 saturated heterocycles. The van der Waals surface area contributed by atoms with Crippen molar-refractivity contribution in [3.05, 3.63) is 88.5 Å². The van der Waals surface area contributed by atoms with Crippen LogP contribution in [0.15, 0.2) is 61.1 Å². The number of rotatable bonds is 3. The molecular weight excluding hydrogens is 445 g/mol. The highest BCUT2D eigenvalue weighted by Crippen LogP contribution is 2.48. The van der Waals surface area contributed by atoms with Gasteiger partial charge in [-0.25, -0.2) is 4.98 Å². The van der Waals surface area contributed by atoms with Crippen molar-refractivity contribution in [2.75, 3.05) is 0 Å². The first-order valence-corrected chi connectivity index (χ1v) is 10.5. The Morgan fingerprint density at radius 1 is 0.815 bits per heavy atom. The van der Waals surface area contributed by atoms with Gasteiger partial charge in [0.2, 0.25) is 0 Å². The average molecular weight is 461 g/mol. The Morgan fingerprint density at radius 2 is 1.48 bits per heavy atom. The summed E-state index contributed by atoms with van der Waals surface area (Å²) in [5.41, 5.74) is 3.99. The van der Waals surface area contributed by atoms with Gasteiger partial charge in [-0.05, 0) is 22.3 Å². The molecule has 0 amide bonds. The monoisotopic (exact) mass is 458 g/mol. The van der Waals surface area contributed by atoms with E-state index in [2.05, 4.69) is 23.2 Å². The molecule has 3 aromatic rings. The Morgan fingerprint density at radius 3 is 2.11 bits per heavy atom. The minimum Gasteiger partial charge on any atom is -0.324 e. The predicted octanol–water partition coefficient (Wildman–Crippen LogP) is 6.96. The first kappa shape index (κ1) is 19.4. The Labute approximate surface area is 183 Å². The van der Waals surface area contributed by atoms with Gasteiger partial charge in [-0.2, -0.15) is 0 Å². The van der Waals surface area contributed by atoms with E-state index in [0.717, 1.165) is 22.3 Å². The summed E-state index contributed by atoms with van der Waals surface area (Å²) >= 11 is 32.0. The van der Waals surface area contributed by atoms with E-state index in [0.29, 0.717) is 5.15 Å². The van der Waals surface area contributed by atoms with Crippen LogP contribution in [0.2, 0.25) is 5.15 Å². The van der Waals surface area contributed by atoms with Crippen molar-refractivity contribution in [3.63, 3.8) is 0 Å². The largest absolute Gasteiger partial charge is 0.324 e. The zero-order valence-electron chi connectivity index (χ0n) is 13.9. The number of fused-ring (bicyclic) bond motifs is 1. The fraction of sp³-hybridized carbons (Fsp3) is 0.250. The average Bonchev–Trinajstić information content (AvgIpc) is 3.11. The third-order valence-electron chi connectivity index (χ3n) is 4.87. The molecule has 0 fully saturated rings. The quantitative estimate of drug-likeness (QED) is 0.386. The van der Waals surface area contributed by atoms with E-state index < -0.39 is 16.1 Å². The predicted molar refractivity (Wildman–Crippen MR) is 114 cm³/mol. The van der Waals surface area contributed by atoms with Crippen molar-refractivity contribution in [2.45, 2.75) is 27.6 Å². The smallest absolute Gasteiger partial charge is 0.147 e. The Kier molecular flexibility index (Phi) is 5.64. The van der Waals surface area contributed by atoms with Crippen molar-refractivity contribution < 1.29 is 0 Å². The second kappa shape index (κ2) is 7.85. The highest BCUT2D eigenvalue weighted by Gasteiger charge is 2.39. The first-order chi connectivity index (χ1) is 13.0. The molecule has 1 aliphatic rings. The lowest BCUT2D eigenvalue weighted by atomic mass is 9.86. The summed E-state index contributed by atoms with van der Waals surface area (Å²) in [4.78, 5) is 4.17. The van der Waals surface area contributed by atoms with Crippen molar-refractivity contribution in [1.82, 2.24) is 9.55 Å². The van der Waals surface area contributed by atoms with Gasteiger partial charge in [0.15, 0.2) is 0 Å². The van der Waals surface area contributed by atoms with Crippen LogP contribution in [0.4, 0.5) is 0 Å². The summed E-state index contributed by atoms with van der Waals surface area (Å²) in [5.74, 6) is 0. The lowest BCUT2D eigenvalue weighted by Crippen LogP contribution is -2.30. The summed E-state index contributed by atoms with van der Waals surface area (Å²) in [6.07, 6.45) is 3.53. The summed E-state index contributed by atoms with van der Waals surface area (Å²) in [5, 5.41) is -1.23. The van der Waals surface area contributed by atoms with E-state index in [-0.39, 0.29) is 11.4 Å². The number of hydrogen-bond acceptors (Lipinski definition) is 1. The summed E-state index contributed by atoms with van der Waals surface area (Å²) < 4.78 is 1.98. The second-order valence-corrected chi connectivity index (χ2v) is 8.87. The number of aromatic nitrogens is 2. The third-order valence-corrected chi connectivity index (χ3v) is 7.51. The minimum atomic E-state index is -0.448. The Bertz CT molecular complexity index is 943. The van der Waals surface area contributed by atoms with Crippen LogP contribution >= 0.6 is 58.0 Å². The van der Waals surface area contributed by atoms with Crippen LogP contribution in [0.3, 0.4) is 0 Å². The van der Waals surface area contributed by atoms with E-state index in [1.54, 1.807) is 12.5 Å². The van der Waals surface area contributed by atoms with E-state index in [1.165, 1.54) is 0 Å². The maximum absolute atomic E-state index is 6.62. The molecule has 0 radical (unpaired) electrons. The summed E-state index contributed by atoms with van der Waals surface area (Å²) in [7, 11) is 0. The van der Waals surface area contributed by atoms with Crippen LogP contribution in [-0.2, 0) is 0 Å². The summed E-state index contributed by atoms with van der Waals surface area (Å²) in [6.45, 7) is 0. The molecule has 1 aromatic heterocycles. The maximum Gasteiger partial charge on any atom is 0.147 e. The molecule has 27 heavy (non-hydrogen) atoms. The van der Waals surface area contributed by atoms with E-state index in [4.69, 9.17) is 58.0 Å². The molecule has 1 heterocycles. The van der Waals surface area contributed by atoms with Crippen molar-refractivity contribution in [3.8, 4) is 0 Å². The molecule has 0 spiro atoms. The fourth-order valence-electron chi connectivity index (χ4n) is 3.54. The van der Waals surface area contributed by atoms with E-state index >= 15 is 0 Å². The van der Waals surface area contributed by atoms with Gasteiger partial charge in [0.05, 0.1) is 33.9 Å². The molecule has 0 N–H and O–H groups in total. The topological polar surface area (TPSA) is 17.8 Å². The van der Waals surface area contributed by atoms with Gasteiger partial charge in [0, 0.05) is 6.20 Å². The van der Waals surface area contributed by atoms with Crippen LogP contribution in [-0.4, -0.2) is 20.3 Å². The van der Waals surface area contributed by atoms with E-state index in [9.17, 15) is 0 Å². The van der Waals surface area contributed by atoms with Crippen molar-refractivity contribution in [1.29, 1.82) is 0 Å². The van der Waals surface area contributed by atoms with Crippen LogP contribution in [0.25, 0.3) is 0 Å². The molecule has 7 heteroatoms. The highest BCUT2D eigenvalue weighted by molar-refractivity contribution is 6.39. The van der Waals surface area contributed by atoms with Crippen LogP contribution in [0.1, 0.15) is 39.0 Å². The highest BCUT2D eigenvalue weighted by atomic mass is 35.5. The molecule has 0 saturated carbocycles. The lowest BCUT2D eigenvalue weighted by molar-refractivity contribution is 0.652. The van der Waals surface area contributed by atoms with Gasteiger partial charge >= 0.3 is 0 Å². The maximum atomic E-state index is 6.62. The zero-order valence-corrected chi connectivity index (χ0v) is 17.7. The third kappa shape index (κ3) is 3.59. The number of imidazole rings is 1. The second-order valence-electron chi connectivity index (χ2n) is 6.54. The molecule has 4 rings (SSSR count). The molecule has 5 unspecified atom stereocenters. The molecule has 0 bridgehead atoms. The van der Waals surface area contributed by atoms with Gasteiger partial charge in [0.1, 0.15) is 5.15 Å². The molecule has 1 aliphatic carbocycles. The fourth-order valence-corrected chi connectivity index (χ4v) is 5.11. The van der Waals surface area contributed by atoms with Gasteiger partial charge in [-0.3, -0.25) is 0 Å². The van der Waals surface area contributed by atoms with Crippen molar-refractivity contribution in [2.24, 2.45) is 0 Å². The number of benzene rings is 2. The summed E-state index contributed by atoms with van der Waals surface area (Å²) in [6, 6.07) is 16.1. The molecule has 2 nitrogen and oxygen atoms in total. The molecule has 0 aliphatic heterocycles. The molecule has 140 valence electrons. The van der Waals surface area contributed by atoms with Crippen LogP contribution in [0, 0.1) is 0 Å². The molecular formula is C20H15Cl5N2. The van der Waals surface area contributed by atoms with Crippen LogP contribution in [0.5, 0.6) is 0 Å². The molecule has 5 atom stereocenters. The van der Waals surface area contributed by atoms with E-state index in [1.807, 2.05) is 34.9 Å². The Hall–Kier alpha value is -0.900. The SMILES string of the molecule is Clc1cn(C(c2ccccc2)c2ccc3c(c2)C(Cl)C(Cl)C(Cl)C3Cl)cn1. The van der Waals surface area contributed by atoms with Gasteiger partial charge in [-0.1, -0.05) is 60.1 Å². The van der Waals surface area contributed by atoms with Gasteiger partial charge in [0.25, 0.3) is 0 Å². The normalized spacial score (nSPS) is 25.8. The Balaban J connectivity index is 1.85. The van der Waals surface area contributed by atoms with Gasteiger partial charge in [-0.15, -0.1) is 46.4 Å². The van der Waals surface area contributed by atoms with Gasteiger partial charge < -0.3 is 4.57 Å². The first-order valence-electron chi connectivity index (χ1n) is 8.41. The lowest BCUT2D eigenvalue weighted by Gasteiger charge is -2.34. The zero-order chi connectivity index (χ0) is 19.1. The standard InChI is InChI=1S/C20H15Cl5N2/c21-15-9-27(10-26-15)20(11-4-2-1-3-5-11)12-6-7-13-14(8-12)17(23)19(25)18(24)16(13)22/h1-10,16-20H. The molecule has 2 aromatic carbocycles. The number of hydrogen-bond donors (Lipinski definition) is 0. The minimum absolute atomic E-state index is 0.100. The van der Waals surface area contributed by atoms with Crippen LogP contribution < -0.4 is 0 Å². The van der Waals surface area contributed by atoms with Crippen molar-refractivity contribution >= 4 is 58.0 Å². The number of halogens is 5. The number of alkyl halides is 4. The number of nitrogens with zero attached hydrogens (tertiary/aromatic N) is 2.